The fourth-order valence-corrected chi connectivity index (χ4v) is 2.26. The Morgan fingerprint density at radius 1 is 1.33 bits per heavy atom. The number of rotatable bonds is 3. The summed E-state index contributed by atoms with van der Waals surface area (Å²) in [7, 11) is 1.65. The molecule has 2 aliphatic carbocycles. The van der Waals surface area contributed by atoms with E-state index < -0.39 is 0 Å². The zero-order valence-electron chi connectivity index (χ0n) is 8.96. The Morgan fingerprint density at radius 3 is 2.73 bits per heavy atom. The van der Waals surface area contributed by atoms with E-state index in [1.165, 1.54) is 12.8 Å². The number of hydrogen-bond donors (Lipinski definition) is 0. The Kier molecular flexibility index (Phi) is 3.57. The molecular weight excluding hydrogens is 212 g/mol. The van der Waals surface area contributed by atoms with Crippen LogP contribution in [0.1, 0.15) is 32.1 Å². The summed E-state index contributed by atoms with van der Waals surface area (Å²) in [5.74, 6) is 1.49. The van der Waals surface area contributed by atoms with E-state index in [0.717, 1.165) is 30.8 Å². The first-order chi connectivity index (χ1) is 7.31. The minimum absolute atomic E-state index is 0.318. The fourth-order valence-electron chi connectivity index (χ4n) is 2.04. The van der Waals surface area contributed by atoms with Gasteiger partial charge in [0.1, 0.15) is 0 Å². The third kappa shape index (κ3) is 2.49. The normalized spacial score (nSPS) is 22.9. The van der Waals surface area contributed by atoms with E-state index in [0.29, 0.717) is 11.1 Å². The molecule has 3 heteroatoms. The summed E-state index contributed by atoms with van der Waals surface area (Å²) in [6, 6.07) is 0. The van der Waals surface area contributed by atoms with Gasteiger partial charge in [-0.3, -0.25) is 0 Å². The second-order valence-corrected chi connectivity index (χ2v) is 4.32. The van der Waals surface area contributed by atoms with Gasteiger partial charge in [-0.25, -0.2) is 0 Å². The third-order valence-corrected chi connectivity index (χ3v) is 3.17. The van der Waals surface area contributed by atoms with Crippen molar-refractivity contribution in [2.45, 2.75) is 38.2 Å². The maximum absolute atomic E-state index is 6.11. The van der Waals surface area contributed by atoms with Gasteiger partial charge >= 0.3 is 0 Å². The van der Waals surface area contributed by atoms with Gasteiger partial charge in [0.15, 0.2) is 11.5 Å². The van der Waals surface area contributed by atoms with Gasteiger partial charge < -0.3 is 9.47 Å². The Balaban J connectivity index is 2.06. The van der Waals surface area contributed by atoms with Gasteiger partial charge in [-0.05, 0) is 38.2 Å². The molecule has 0 saturated heterocycles. The van der Waals surface area contributed by atoms with Gasteiger partial charge in [-0.15, -0.1) is 0 Å². The van der Waals surface area contributed by atoms with Crippen LogP contribution in [0, 0.1) is 6.42 Å². The first-order valence-electron chi connectivity index (χ1n) is 5.45. The van der Waals surface area contributed by atoms with Crippen LogP contribution in [0.15, 0.2) is 22.6 Å². The van der Waals surface area contributed by atoms with E-state index in [1.807, 2.05) is 12.5 Å². The van der Waals surface area contributed by atoms with Crippen molar-refractivity contribution < 1.29 is 9.47 Å². The second kappa shape index (κ2) is 4.93. The van der Waals surface area contributed by atoms with Crippen LogP contribution < -0.4 is 0 Å². The number of hydrogen-bond acceptors (Lipinski definition) is 2. The van der Waals surface area contributed by atoms with E-state index in [2.05, 4.69) is 0 Å². The summed E-state index contributed by atoms with van der Waals surface area (Å²) < 4.78 is 11.1. The highest BCUT2D eigenvalue weighted by Crippen LogP contribution is 2.32. The molecule has 0 unspecified atom stereocenters. The number of methoxy groups -OCH3 is 1. The molecule has 1 fully saturated rings. The van der Waals surface area contributed by atoms with Crippen molar-refractivity contribution in [2.24, 2.45) is 0 Å². The van der Waals surface area contributed by atoms with E-state index in [-0.39, 0.29) is 0 Å². The van der Waals surface area contributed by atoms with E-state index in [1.54, 1.807) is 7.11 Å². The molecule has 1 saturated carbocycles. The molecule has 0 aromatic carbocycles. The molecule has 2 rings (SSSR count). The average molecular weight is 228 g/mol. The number of ether oxygens (including phenoxy) is 2. The highest BCUT2D eigenvalue weighted by Gasteiger charge is 2.23. The molecule has 0 spiro atoms. The lowest BCUT2D eigenvalue weighted by Gasteiger charge is -2.21. The molecule has 15 heavy (non-hydrogen) atoms. The molecule has 0 aromatic rings. The number of allylic oxidation sites excluding steroid dienone is 2. The summed E-state index contributed by atoms with van der Waals surface area (Å²) in [6.07, 6.45) is 9.86. The largest absolute Gasteiger partial charge is 0.493 e. The van der Waals surface area contributed by atoms with Crippen LogP contribution in [0.4, 0.5) is 0 Å². The lowest BCUT2D eigenvalue weighted by atomic mass is 10.1. The molecule has 0 atom stereocenters. The van der Waals surface area contributed by atoms with Crippen molar-refractivity contribution in [3.05, 3.63) is 29.0 Å². The van der Waals surface area contributed by atoms with Crippen LogP contribution in [0.2, 0.25) is 0 Å². The summed E-state index contributed by atoms with van der Waals surface area (Å²) in [5, 5.41) is 0.682. The van der Waals surface area contributed by atoms with Crippen LogP contribution in [-0.2, 0) is 9.47 Å². The molecule has 1 radical (unpaired) electrons. The molecule has 0 heterocycles. The lowest BCUT2D eigenvalue weighted by Crippen LogP contribution is -2.12. The topological polar surface area (TPSA) is 18.5 Å². The average Bonchev–Trinajstić information content (AvgIpc) is 2.74. The maximum Gasteiger partial charge on any atom is 0.175 e. The van der Waals surface area contributed by atoms with Crippen molar-refractivity contribution in [3.63, 3.8) is 0 Å². The predicted molar refractivity (Wildman–Crippen MR) is 60.2 cm³/mol. The van der Waals surface area contributed by atoms with Gasteiger partial charge in [0, 0.05) is 6.42 Å². The van der Waals surface area contributed by atoms with Gasteiger partial charge in [0.25, 0.3) is 0 Å². The summed E-state index contributed by atoms with van der Waals surface area (Å²) in [5.41, 5.74) is 0. The van der Waals surface area contributed by atoms with E-state index in [4.69, 9.17) is 21.1 Å². The standard InChI is InChI=1S/C12H16ClO2/c1-14-11-8-4-7-10(13)12(11)15-9-5-2-3-6-9/h7-9H,2-6H2,1H3. The zero-order valence-corrected chi connectivity index (χ0v) is 9.72. The summed E-state index contributed by atoms with van der Waals surface area (Å²) >= 11 is 6.11. The highest BCUT2D eigenvalue weighted by atomic mass is 35.5. The lowest BCUT2D eigenvalue weighted by molar-refractivity contribution is 0.104. The second-order valence-electron chi connectivity index (χ2n) is 3.91. The Bertz CT molecular complexity index is 288. The molecule has 0 bridgehead atoms. The van der Waals surface area contributed by atoms with E-state index >= 15 is 0 Å². The molecule has 0 amide bonds. The van der Waals surface area contributed by atoms with Crippen molar-refractivity contribution >= 4 is 11.6 Å². The summed E-state index contributed by atoms with van der Waals surface area (Å²) in [6.45, 7) is 0. The van der Waals surface area contributed by atoms with Crippen molar-refractivity contribution in [3.8, 4) is 0 Å². The van der Waals surface area contributed by atoms with Crippen LogP contribution in [-0.4, -0.2) is 13.2 Å². The molecule has 2 nitrogen and oxygen atoms in total. The SMILES string of the molecule is COC1=CC[CH]C(Cl)=C1OC1CCCC1. The molecule has 83 valence electrons. The van der Waals surface area contributed by atoms with Crippen LogP contribution in [0.25, 0.3) is 0 Å². The highest BCUT2D eigenvalue weighted by molar-refractivity contribution is 6.31. The monoisotopic (exact) mass is 227 g/mol. The molecule has 2 aliphatic rings. The molecule has 0 aliphatic heterocycles. The maximum atomic E-state index is 6.11. The fraction of sp³-hybridized carbons (Fsp3) is 0.583. The summed E-state index contributed by atoms with van der Waals surface area (Å²) in [4.78, 5) is 0. The Morgan fingerprint density at radius 2 is 2.07 bits per heavy atom. The Hall–Kier alpha value is -0.630. The van der Waals surface area contributed by atoms with Crippen LogP contribution >= 0.6 is 11.6 Å². The smallest absolute Gasteiger partial charge is 0.175 e. The van der Waals surface area contributed by atoms with Crippen LogP contribution in [0.5, 0.6) is 0 Å². The molecular formula is C12H16ClO2. The van der Waals surface area contributed by atoms with Gasteiger partial charge in [-0.2, -0.15) is 0 Å². The number of halogens is 1. The zero-order chi connectivity index (χ0) is 10.7. The Labute approximate surface area is 95.9 Å². The van der Waals surface area contributed by atoms with Gasteiger partial charge in [0.2, 0.25) is 0 Å². The predicted octanol–water partition coefficient (Wildman–Crippen LogP) is 3.53. The quantitative estimate of drug-likeness (QED) is 0.734. The van der Waals surface area contributed by atoms with Crippen LogP contribution in [0.3, 0.4) is 0 Å². The molecule has 0 aromatic heterocycles. The van der Waals surface area contributed by atoms with Gasteiger partial charge in [-0.1, -0.05) is 11.6 Å². The third-order valence-electron chi connectivity index (χ3n) is 2.85. The first kappa shape index (κ1) is 10.9. The van der Waals surface area contributed by atoms with Crippen molar-refractivity contribution in [2.75, 3.05) is 7.11 Å². The minimum Gasteiger partial charge on any atom is -0.493 e. The first-order valence-corrected chi connectivity index (χ1v) is 5.83. The van der Waals surface area contributed by atoms with E-state index in [9.17, 15) is 0 Å². The van der Waals surface area contributed by atoms with Crippen molar-refractivity contribution in [1.29, 1.82) is 0 Å². The molecule has 0 N–H and O–H groups in total. The van der Waals surface area contributed by atoms with Gasteiger partial charge in [0.05, 0.1) is 18.2 Å². The minimum atomic E-state index is 0.318. The van der Waals surface area contributed by atoms with Crippen molar-refractivity contribution in [1.82, 2.24) is 0 Å².